The Bertz CT molecular complexity index is 449. The van der Waals surface area contributed by atoms with Gasteiger partial charge in [-0.2, -0.15) is 0 Å². The molecule has 1 unspecified atom stereocenters. The Morgan fingerprint density at radius 3 is 2.55 bits per heavy atom. The van der Waals surface area contributed by atoms with Crippen LogP contribution in [0.25, 0.3) is 0 Å². The standard InChI is InChI=1S/C12H21N5O3/c1-12(2,3)17-8-9-15(10(19)13-8)6-14(4-5-18)7-16(9)11(17)20/h8-9,18H,4-7H2,1-3H3,(H,13,19)/p+1/t8-,9-/m0/s1. The van der Waals surface area contributed by atoms with Gasteiger partial charge >= 0.3 is 12.1 Å². The van der Waals surface area contributed by atoms with Crippen LogP contribution >= 0.6 is 0 Å². The number of nitrogens with zero attached hydrogens (tertiary/aromatic N) is 3. The molecule has 112 valence electrons. The molecule has 0 aromatic heterocycles. The predicted molar refractivity (Wildman–Crippen MR) is 69.4 cm³/mol. The number of quaternary nitrogens is 1. The molecule has 3 saturated heterocycles. The first-order valence-electron chi connectivity index (χ1n) is 6.96. The van der Waals surface area contributed by atoms with Crippen molar-refractivity contribution in [1.29, 1.82) is 0 Å². The van der Waals surface area contributed by atoms with Gasteiger partial charge in [0.05, 0.1) is 6.61 Å². The fourth-order valence-electron chi connectivity index (χ4n) is 3.36. The molecule has 0 bridgehead atoms. The number of hydrogen-bond acceptors (Lipinski definition) is 3. The molecule has 3 heterocycles. The Labute approximate surface area is 117 Å². The van der Waals surface area contributed by atoms with Crippen LogP contribution in [0.15, 0.2) is 0 Å². The largest absolute Gasteiger partial charge is 0.391 e. The number of nitrogens with one attached hydrogen (secondary N) is 2. The van der Waals surface area contributed by atoms with Crippen LogP contribution in [0.5, 0.6) is 0 Å². The zero-order chi connectivity index (χ0) is 14.7. The van der Waals surface area contributed by atoms with Gasteiger partial charge in [0.1, 0.15) is 12.7 Å². The Morgan fingerprint density at radius 2 is 1.95 bits per heavy atom. The summed E-state index contributed by atoms with van der Waals surface area (Å²) in [5.74, 6) is 0. The van der Waals surface area contributed by atoms with Gasteiger partial charge in [0.15, 0.2) is 19.5 Å². The van der Waals surface area contributed by atoms with Crippen molar-refractivity contribution in [2.75, 3.05) is 26.5 Å². The van der Waals surface area contributed by atoms with Gasteiger partial charge in [0.25, 0.3) is 0 Å². The van der Waals surface area contributed by atoms with E-state index in [1.165, 1.54) is 0 Å². The van der Waals surface area contributed by atoms with Crippen LogP contribution in [0.4, 0.5) is 9.59 Å². The lowest BCUT2D eigenvalue weighted by atomic mass is 10.1. The van der Waals surface area contributed by atoms with Gasteiger partial charge in [-0.3, -0.25) is 19.6 Å². The predicted octanol–water partition coefficient (Wildman–Crippen LogP) is -1.99. The highest BCUT2D eigenvalue weighted by Crippen LogP contribution is 2.33. The first-order valence-corrected chi connectivity index (χ1v) is 6.96. The molecule has 3 atom stereocenters. The molecular weight excluding hydrogens is 262 g/mol. The SMILES string of the molecule is CC(C)(C)N1C(=O)N2C[NH+](CCO)CN3C(=O)N[C@@H]1[C@@H]32. The zero-order valence-electron chi connectivity index (χ0n) is 12.1. The lowest BCUT2D eigenvalue weighted by Gasteiger charge is -2.38. The van der Waals surface area contributed by atoms with Gasteiger partial charge in [0.2, 0.25) is 0 Å². The number of urea groups is 2. The maximum atomic E-state index is 12.6. The van der Waals surface area contributed by atoms with Crippen LogP contribution in [-0.2, 0) is 0 Å². The van der Waals surface area contributed by atoms with E-state index in [-0.39, 0.29) is 36.5 Å². The Kier molecular flexibility index (Phi) is 2.84. The topological polar surface area (TPSA) is 80.6 Å². The van der Waals surface area contributed by atoms with Crippen LogP contribution in [0.1, 0.15) is 20.8 Å². The van der Waals surface area contributed by atoms with Crippen molar-refractivity contribution < 1.29 is 19.6 Å². The van der Waals surface area contributed by atoms with Gasteiger partial charge < -0.3 is 10.4 Å². The fraction of sp³-hybridized carbons (Fsp3) is 0.833. The van der Waals surface area contributed by atoms with Crippen LogP contribution in [-0.4, -0.2) is 76.2 Å². The van der Waals surface area contributed by atoms with Gasteiger partial charge in [-0.05, 0) is 20.8 Å². The van der Waals surface area contributed by atoms with E-state index in [0.29, 0.717) is 19.9 Å². The van der Waals surface area contributed by atoms with Gasteiger partial charge in [-0.25, -0.2) is 9.59 Å². The minimum absolute atomic E-state index is 0.0455. The summed E-state index contributed by atoms with van der Waals surface area (Å²) < 4.78 is 0. The summed E-state index contributed by atoms with van der Waals surface area (Å²) in [6.07, 6.45) is -0.512. The minimum Gasteiger partial charge on any atom is -0.391 e. The number of rotatable bonds is 2. The lowest BCUT2D eigenvalue weighted by Crippen LogP contribution is -3.17. The minimum atomic E-state index is -0.348. The maximum absolute atomic E-state index is 12.6. The molecule has 3 N–H and O–H groups in total. The molecule has 8 nitrogen and oxygen atoms in total. The van der Waals surface area contributed by atoms with Crippen molar-refractivity contribution in [3.63, 3.8) is 0 Å². The highest BCUT2D eigenvalue weighted by atomic mass is 16.3. The number of aliphatic hydroxyl groups excluding tert-OH is 1. The second-order valence-corrected chi connectivity index (χ2v) is 6.61. The van der Waals surface area contributed by atoms with E-state index >= 15 is 0 Å². The molecule has 20 heavy (non-hydrogen) atoms. The van der Waals surface area contributed by atoms with Crippen molar-refractivity contribution in [3.05, 3.63) is 0 Å². The molecule has 8 heteroatoms. The van der Waals surface area contributed by atoms with Crippen molar-refractivity contribution in [2.45, 2.75) is 38.6 Å². The number of hydrogen-bond donors (Lipinski definition) is 3. The molecule has 3 rings (SSSR count). The molecule has 0 aromatic carbocycles. The third kappa shape index (κ3) is 1.75. The number of carbonyl (C=O) groups is 2. The summed E-state index contributed by atoms with van der Waals surface area (Å²) in [7, 11) is 0. The van der Waals surface area contributed by atoms with E-state index in [1.807, 2.05) is 20.8 Å². The average Bonchev–Trinajstić information content (AvgIpc) is 2.79. The van der Waals surface area contributed by atoms with Gasteiger partial charge in [-0.15, -0.1) is 0 Å². The molecule has 3 aliphatic rings. The average molecular weight is 284 g/mol. The van der Waals surface area contributed by atoms with E-state index in [2.05, 4.69) is 5.32 Å². The molecule has 0 aliphatic carbocycles. The van der Waals surface area contributed by atoms with Crippen molar-refractivity contribution in [1.82, 2.24) is 20.0 Å². The van der Waals surface area contributed by atoms with Crippen molar-refractivity contribution >= 4 is 12.1 Å². The van der Waals surface area contributed by atoms with Crippen LogP contribution in [0, 0.1) is 0 Å². The first-order chi connectivity index (χ1) is 9.34. The molecule has 3 fully saturated rings. The fourth-order valence-corrected chi connectivity index (χ4v) is 3.36. The van der Waals surface area contributed by atoms with Crippen LogP contribution < -0.4 is 10.2 Å². The third-order valence-electron chi connectivity index (χ3n) is 4.16. The van der Waals surface area contributed by atoms with Crippen LogP contribution in [0.2, 0.25) is 0 Å². The van der Waals surface area contributed by atoms with Crippen molar-refractivity contribution in [3.8, 4) is 0 Å². The van der Waals surface area contributed by atoms with E-state index in [9.17, 15) is 9.59 Å². The number of aliphatic hydroxyl groups is 1. The molecule has 0 saturated carbocycles. The monoisotopic (exact) mass is 284 g/mol. The van der Waals surface area contributed by atoms with E-state index in [4.69, 9.17) is 5.11 Å². The number of carbonyl (C=O) groups excluding carboxylic acids is 2. The second-order valence-electron chi connectivity index (χ2n) is 6.61. The summed E-state index contributed by atoms with van der Waals surface area (Å²) in [5, 5.41) is 12.0. The molecular formula is C12H22N5O3+. The lowest BCUT2D eigenvalue weighted by molar-refractivity contribution is -0.926. The molecule has 4 amide bonds. The quantitative estimate of drug-likeness (QED) is 0.549. The summed E-state index contributed by atoms with van der Waals surface area (Å²) in [6.45, 7) is 7.53. The highest BCUT2D eigenvalue weighted by Gasteiger charge is 2.61. The van der Waals surface area contributed by atoms with E-state index < -0.39 is 0 Å². The summed E-state index contributed by atoms with van der Waals surface area (Å²) in [6, 6.07) is -0.186. The maximum Gasteiger partial charge on any atom is 0.328 e. The molecule has 0 radical (unpaired) electrons. The number of amides is 4. The third-order valence-corrected chi connectivity index (χ3v) is 4.16. The first kappa shape index (κ1) is 13.4. The Hall–Kier alpha value is -1.54. The van der Waals surface area contributed by atoms with Crippen molar-refractivity contribution in [2.24, 2.45) is 0 Å². The molecule has 0 aromatic rings. The summed E-state index contributed by atoms with van der Waals surface area (Å²) >= 11 is 0. The van der Waals surface area contributed by atoms with Crippen LogP contribution in [0.3, 0.4) is 0 Å². The van der Waals surface area contributed by atoms with E-state index in [0.717, 1.165) is 4.90 Å². The van der Waals surface area contributed by atoms with Gasteiger partial charge in [0, 0.05) is 5.54 Å². The molecule has 3 aliphatic heterocycles. The smallest absolute Gasteiger partial charge is 0.328 e. The Balaban J connectivity index is 1.93. The zero-order valence-corrected chi connectivity index (χ0v) is 12.1. The highest BCUT2D eigenvalue weighted by molar-refractivity contribution is 5.85. The summed E-state index contributed by atoms with van der Waals surface area (Å²) in [5.41, 5.74) is -0.348. The van der Waals surface area contributed by atoms with Gasteiger partial charge in [-0.1, -0.05) is 0 Å². The second kappa shape index (κ2) is 4.23. The normalized spacial score (nSPS) is 32.8. The molecule has 0 spiro atoms. The Morgan fingerprint density at radius 1 is 1.30 bits per heavy atom. The van der Waals surface area contributed by atoms with E-state index in [1.54, 1.807) is 14.7 Å². The summed E-state index contributed by atoms with van der Waals surface area (Å²) in [4.78, 5) is 30.9.